The molecule has 1 N–H and O–H groups in total. The average molecular weight is 479 g/mol. The maximum atomic E-state index is 14.1. The van der Waals surface area contributed by atoms with Gasteiger partial charge in [-0.25, -0.2) is 9.37 Å². The van der Waals surface area contributed by atoms with Crippen molar-refractivity contribution in [3.8, 4) is 11.3 Å². The summed E-state index contributed by atoms with van der Waals surface area (Å²) < 4.78 is 14.1. The number of rotatable bonds is 7. The monoisotopic (exact) mass is 478 g/mol. The number of fused-ring (bicyclic) bond motifs is 1. The minimum absolute atomic E-state index is 0.221. The lowest BCUT2D eigenvalue weighted by Crippen LogP contribution is -2.31. The third kappa shape index (κ3) is 4.33. The number of carbonyl (C=O) groups excluding carboxylic acids is 1. The minimum Gasteiger partial charge on any atom is -0.345 e. The van der Waals surface area contributed by atoms with Gasteiger partial charge in [-0.15, -0.1) is 10.2 Å². The predicted octanol–water partition coefficient (Wildman–Crippen LogP) is 4.96. The molecule has 178 valence electrons. The molecule has 6 rings (SSSR count). The number of aromatic nitrogens is 5. The van der Waals surface area contributed by atoms with Crippen LogP contribution < -0.4 is 5.32 Å². The van der Waals surface area contributed by atoms with Crippen LogP contribution >= 0.6 is 0 Å². The third-order valence-corrected chi connectivity index (χ3v) is 6.55. The number of halogens is 1. The second-order valence-electron chi connectivity index (χ2n) is 9.01. The van der Waals surface area contributed by atoms with Crippen LogP contribution in [0.2, 0.25) is 0 Å². The van der Waals surface area contributed by atoms with Gasteiger partial charge < -0.3 is 5.32 Å². The molecule has 0 saturated heterocycles. The predicted molar refractivity (Wildman–Crippen MR) is 133 cm³/mol. The van der Waals surface area contributed by atoms with E-state index in [1.807, 2.05) is 60.7 Å². The molecular weight excluding hydrogens is 455 g/mol. The minimum atomic E-state index is -0.314. The molecule has 1 atom stereocenters. The van der Waals surface area contributed by atoms with Crippen LogP contribution in [0.1, 0.15) is 40.4 Å². The molecule has 8 heteroatoms. The Bertz CT molecular complexity index is 1530. The SMILES string of the molecule is O=C(N[C@H](c1cccc(F)c1)C1CC1)c1c(Cn2ncnn2)c(-c2ccccc2)nc2ccccc12. The molecule has 5 aromatic rings. The molecule has 1 saturated carbocycles. The molecule has 7 nitrogen and oxygen atoms in total. The van der Waals surface area contributed by atoms with E-state index in [2.05, 4.69) is 20.7 Å². The van der Waals surface area contributed by atoms with Crippen molar-refractivity contribution in [1.82, 2.24) is 30.5 Å². The van der Waals surface area contributed by atoms with Crippen LogP contribution in [0.25, 0.3) is 22.2 Å². The molecule has 2 aromatic heterocycles. The van der Waals surface area contributed by atoms with Crippen molar-refractivity contribution < 1.29 is 9.18 Å². The van der Waals surface area contributed by atoms with Crippen molar-refractivity contribution in [3.05, 3.63) is 108 Å². The number of benzene rings is 3. The number of hydrogen-bond acceptors (Lipinski definition) is 5. The van der Waals surface area contributed by atoms with Gasteiger partial charge in [-0.3, -0.25) is 4.79 Å². The van der Waals surface area contributed by atoms with Gasteiger partial charge in [-0.2, -0.15) is 4.80 Å². The van der Waals surface area contributed by atoms with Crippen LogP contribution in [0, 0.1) is 11.7 Å². The molecule has 0 unspecified atom stereocenters. The average Bonchev–Trinajstić information content (AvgIpc) is 3.62. The first kappa shape index (κ1) is 22.0. The lowest BCUT2D eigenvalue weighted by molar-refractivity contribution is 0.0932. The van der Waals surface area contributed by atoms with Crippen LogP contribution in [-0.2, 0) is 6.54 Å². The summed E-state index contributed by atoms with van der Waals surface area (Å²) in [5.41, 5.74) is 4.27. The second kappa shape index (κ2) is 9.30. The highest BCUT2D eigenvalue weighted by molar-refractivity contribution is 6.09. The van der Waals surface area contributed by atoms with Gasteiger partial charge in [0.15, 0.2) is 6.33 Å². The molecule has 1 fully saturated rings. The van der Waals surface area contributed by atoms with Gasteiger partial charge in [0, 0.05) is 16.5 Å². The fourth-order valence-corrected chi connectivity index (χ4v) is 4.72. The molecule has 1 amide bonds. The Morgan fingerprint density at radius 3 is 2.58 bits per heavy atom. The fraction of sp³-hybridized carbons (Fsp3) is 0.179. The molecule has 2 heterocycles. The summed E-state index contributed by atoms with van der Waals surface area (Å²) in [6.45, 7) is 0.221. The normalized spacial score (nSPS) is 14.0. The van der Waals surface area contributed by atoms with Gasteiger partial charge in [0.25, 0.3) is 5.91 Å². The zero-order chi connectivity index (χ0) is 24.5. The van der Waals surface area contributed by atoms with E-state index in [1.54, 1.807) is 6.07 Å². The van der Waals surface area contributed by atoms with Crippen LogP contribution in [0.3, 0.4) is 0 Å². The first-order valence-electron chi connectivity index (χ1n) is 11.9. The summed E-state index contributed by atoms with van der Waals surface area (Å²) in [6, 6.07) is 23.6. The van der Waals surface area contributed by atoms with E-state index in [0.717, 1.165) is 29.4 Å². The topological polar surface area (TPSA) is 85.6 Å². The van der Waals surface area contributed by atoms with Gasteiger partial charge in [0.1, 0.15) is 5.82 Å². The number of hydrogen-bond donors (Lipinski definition) is 1. The summed E-state index contributed by atoms with van der Waals surface area (Å²) in [5.74, 6) is -0.272. The Labute approximate surface area is 207 Å². The van der Waals surface area contributed by atoms with E-state index in [9.17, 15) is 9.18 Å². The van der Waals surface area contributed by atoms with E-state index in [0.29, 0.717) is 22.3 Å². The molecule has 0 aliphatic heterocycles. The Balaban J connectivity index is 1.52. The number of nitrogens with zero attached hydrogens (tertiary/aromatic N) is 5. The van der Waals surface area contributed by atoms with E-state index < -0.39 is 0 Å². The fourth-order valence-electron chi connectivity index (χ4n) is 4.72. The number of para-hydroxylation sites is 1. The van der Waals surface area contributed by atoms with Crippen molar-refractivity contribution in [2.24, 2.45) is 5.92 Å². The largest absolute Gasteiger partial charge is 0.345 e. The molecular formula is C28H23FN6O. The van der Waals surface area contributed by atoms with E-state index >= 15 is 0 Å². The van der Waals surface area contributed by atoms with Gasteiger partial charge in [0.05, 0.1) is 29.4 Å². The second-order valence-corrected chi connectivity index (χ2v) is 9.01. The lowest BCUT2D eigenvalue weighted by Gasteiger charge is -2.22. The lowest BCUT2D eigenvalue weighted by atomic mass is 9.95. The Hall–Kier alpha value is -4.46. The molecule has 0 spiro atoms. The third-order valence-electron chi connectivity index (χ3n) is 6.55. The number of tetrazole rings is 1. The summed E-state index contributed by atoms with van der Waals surface area (Å²) in [5, 5.41) is 16.0. The van der Waals surface area contributed by atoms with Crippen molar-refractivity contribution in [2.45, 2.75) is 25.4 Å². The summed E-state index contributed by atoms with van der Waals surface area (Å²) >= 11 is 0. The van der Waals surface area contributed by atoms with Gasteiger partial charge in [0.2, 0.25) is 0 Å². The van der Waals surface area contributed by atoms with Crippen molar-refractivity contribution >= 4 is 16.8 Å². The van der Waals surface area contributed by atoms with E-state index in [1.165, 1.54) is 23.3 Å². The summed E-state index contributed by atoms with van der Waals surface area (Å²) in [6.07, 6.45) is 3.34. The highest BCUT2D eigenvalue weighted by atomic mass is 19.1. The smallest absolute Gasteiger partial charge is 0.252 e. The van der Waals surface area contributed by atoms with Gasteiger partial charge in [-0.1, -0.05) is 60.7 Å². The number of carbonyl (C=O) groups is 1. The highest BCUT2D eigenvalue weighted by Crippen LogP contribution is 2.41. The first-order valence-corrected chi connectivity index (χ1v) is 11.9. The standard InChI is InChI=1S/C28H23FN6O/c29-21-10-6-9-20(15-21)26(19-13-14-19)33-28(36)25-22-11-4-5-12-24(22)32-27(18-7-2-1-3-8-18)23(25)16-35-31-17-30-34-35/h1-12,15,17,19,26H,13-14,16H2,(H,33,36)/t26-/m0/s1. The van der Waals surface area contributed by atoms with E-state index in [4.69, 9.17) is 4.98 Å². The molecule has 36 heavy (non-hydrogen) atoms. The van der Waals surface area contributed by atoms with Crippen molar-refractivity contribution in [2.75, 3.05) is 0 Å². The van der Waals surface area contributed by atoms with Crippen LogP contribution in [-0.4, -0.2) is 31.1 Å². The Kier molecular flexibility index (Phi) is 5.69. The molecule has 1 aliphatic carbocycles. The Morgan fingerprint density at radius 1 is 1.03 bits per heavy atom. The quantitative estimate of drug-likeness (QED) is 0.358. The van der Waals surface area contributed by atoms with Crippen LogP contribution in [0.5, 0.6) is 0 Å². The summed E-state index contributed by atoms with van der Waals surface area (Å²) in [7, 11) is 0. The zero-order valence-electron chi connectivity index (χ0n) is 19.4. The van der Waals surface area contributed by atoms with Crippen molar-refractivity contribution in [3.63, 3.8) is 0 Å². The molecule has 3 aromatic carbocycles. The first-order chi connectivity index (χ1) is 17.7. The summed E-state index contributed by atoms with van der Waals surface area (Å²) in [4.78, 5) is 20.5. The maximum absolute atomic E-state index is 14.1. The van der Waals surface area contributed by atoms with Crippen molar-refractivity contribution in [1.29, 1.82) is 0 Å². The van der Waals surface area contributed by atoms with Crippen LogP contribution in [0.4, 0.5) is 4.39 Å². The molecule has 0 radical (unpaired) electrons. The molecule has 1 aliphatic rings. The number of nitrogens with one attached hydrogen (secondary N) is 1. The maximum Gasteiger partial charge on any atom is 0.252 e. The zero-order valence-corrected chi connectivity index (χ0v) is 19.4. The highest BCUT2D eigenvalue weighted by Gasteiger charge is 2.35. The van der Waals surface area contributed by atoms with Gasteiger partial charge >= 0.3 is 0 Å². The van der Waals surface area contributed by atoms with E-state index in [-0.39, 0.29) is 30.2 Å². The molecule has 0 bridgehead atoms. The van der Waals surface area contributed by atoms with Gasteiger partial charge in [-0.05, 0) is 47.7 Å². The van der Waals surface area contributed by atoms with Crippen LogP contribution in [0.15, 0.2) is 85.2 Å². The Morgan fingerprint density at radius 2 is 1.83 bits per heavy atom. The number of pyridine rings is 1. The number of amides is 1.